The number of rotatable bonds is 7. The maximum atomic E-state index is 12.1. The second kappa shape index (κ2) is 8.22. The van der Waals surface area contributed by atoms with Gasteiger partial charge in [-0.15, -0.1) is 0 Å². The zero-order chi connectivity index (χ0) is 16.7. The van der Waals surface area contributed by atoms with Gasteiger partial charge in [0, 0.05) is 0 Å². The molecule has 1 N–H and O–H groups in total. The number of carbonyl (C=O) groups excluding carboxylic acids is 1. The lowest BCUT2D eigenvalue weighted by atomic mass is 10.0. The molecule has 122 valence electrons. The molecule has 4 nitrogen and oxygen atoms in total. The first-order valence-electron chi connectivity index (χ1n) is 7.84. The molecule has 0 spiro atoms. The molecule has 0 aromatic heterocycles. The predicted octanol–water partition coefficient (Wildman–Crippen LogP) is 4.23. The third-order valence-electron chi connectivity index (χ3n) is 3.36. The van der Waals surface area contributed by atoms with Gasteiger partial charge in [-0.3, -0.25) is 4.79 Å². The van der Waals surface area contributed by atoms with E-state index >= 15 is 0 Å². The Kier molecular flexibility index (Phi) is 6.03. The third-order valence-corrected chi connectivity index (χ3v) is 3.36. The number of amides is 1. The summed E-state index contributed by atoms with van der Waals surface area (Å²) in [5, 5.41) is 2.81. The fourth-order valence-electron chi connectivity index (χ4n) is 2.15. The van der Waals surface area contributed by atoms with Crippen LogP contribution in [0.3, 0.4) is 0 Å². The van der Waals surface area contributed by atoms with Crippen LogP contribution in [0.15, 0.2) is 48.5 Å². The fourth-order valence-corrected chi connectivity index (χ4v) is 2.15. The predicted molar refractivity (Wildman–Crippen MR) is 92.3 cm³/mol. The molecule has 0 atom stereocenters. The van der Waals surface area contributed by atoms with Crippen LogP contribution in [0.5, 0.6) is 11.5 Å². The van der Waals surface area contributed by atoms with Gasteiger partial charge < -0.3 is 14.8 Å². The first-order valence-corrected chi connectivity index (χ1v) is 7.84. The summed E-state index contributed by atoms with van der Waals surface area (Å²) in [5.41, 5.74) is 1.84. The van der Waals surface area contributed by atoms with E-state index in [1.54, 1.807) is 0 Å². The Labute approximate surface area is 137 Å². The van der Waals surface area contributed by atoms with Crippen molar-refractivity contribution in [3.8, 4) is 11.5 Å². The van der Waals surface area contributed by atoms with E-state index in [9.17, 15) is 4.79 Å². The van der Waals surface area contributed by atoms with E-state index in [1.807, 2.05) is 49.4 Å². The lowest BCUT2D eigenvalue weighted by Crippen LogP contribution is -2.20. The molecular weight excluding hydrogens is 290 g/mol. The molecule has 0 bridgehead atoms. The minimum absolute atomic E-state index is 0.0397. The number of ether oxygens (including phenoxy) is 2. The molecule has 0 heterocycles. The van der Waals surface area contributed by atoms with Crippen molar-refractivity contribution in [2.45, 2.75) is 26.7 Å². The smallest absolute Gasteiger partial charge is 0.262 e. The summed E-state index contributed by atoms with van der Waals surface area (Å²) in [7, 11) is 0. The minimum atomic E-state index is -0.216. The highest BCUT2D eigenvalue weighted by Gasteiger charge is 2.08. The molecule has 0 radical (unpaired) electrons. The average Bonchev–Trinajstić information content (AvgIpc) is 2.55. The summed E-state index contributed by atoms with van der Waals surface area (Å²) in [4.78, 5) is 12.1. The summed E-state index contributed by atoms with van der Waals surface area (Å²) in [6.45, 7) is 6.66. The van der Waals surface area contributed by atoms with E-state index in [0.29, 0.717) is 29.7 Å². The molecule has 0 saturated heterocycles. The highest BCUT2D eigenvalue weighted by atomic mass is 16.5. The third kappa shape index (κ3) is 5.02. The quantitative estimate of drug-likeness (QED) is 0.832. The van der Waals surface area contributed by atoms with Crippen molar-refractivity contribution in [1.82, 2.24) is 0 Å². The lowest BCUT2D eigenvalue weighted by molar-refractivity contribution is -0.118. The van der Waals surface area contributed by atoms with Crippen LogP contribution in [-0.4, -0.2) is 19.1 Å². The van der Waals surface area contributed by atoms with E-state index in [-0.39, 0.29) is 12.5 Å². The number of carbonyl (C=O) groups is 1. The zero-order valence-corrected chi connectivity index (χ0v) is 13.8. The average molecular weight is 313 g/mol. The molecule has 23 heavy (non-hydrogen) atoms. The van der Waals surface area contributed by atoms with Crippen LogP contribution in [0.25, 0.3) is 0 Å². The summed E-state index contributed by atoms with van der Waals surface area (Å²) in [5.74, 6) is 1.56. The molecule has 0 aliphatic heterocycles. The molecule has 2 aromatic carbocycles. The van der Waals surface area contributed by atoms with Crippen molar-refractivity contribution in [3.05, 3.63) is 54.1 Å². The van der Waals surface area contributed by atoms with E-state index < -0.39 is 0 Å². The van der Waals surface area contributed by atoms with Crippen molar-refractivity contribution in [2.24, 2.45) is 0 Å². The monoisotopic (exact) mass is 313 g/mol. The van der Waals surface area contributed by atoms with Crippen LogP contribution in [0.4, 0.5) is 5.69 Å². The van der Waals surface area contributed by atoms with Gasteiger partial charge in [0.05, 0.1) is 12.3 Å². The molecule has 0 aliphatic rings. The van der Waals surface area contributed by atoms with Crippen LogP contribution in [0.2, 0.25) is 0 Å². The Hall–Kier alpha value is -2.49. The van der Waals surface area contributed by atoms with Crippen LogP contribution < -0.4 is 14.8 Å². The Morgan fingerprint density at radius 2 is 1.87 bits per heavy atom. The Bertz CT molecular complexity index is 653. The first kappa shape index (κ1) is 16.9. The zero-order valence-electron chi connectivity index (χ0n) is 13.8. The van der Waals surface area contributed by atoms with E-state index in [1.165, 1.54) is 5.56 Å². The number of hydrogen-bond donors (Lipinski definition) is 1. The van der Waals surface area contributed by atoms with Crippen LogP contribution in [0.1, 0.15) is 32.3 Å². The van der Waals surface area contributed by atoms with Crippen LogP contribution in [-0.2, 0) is 4.79 Å². The second-order valence-corrected chi connectivity index (χ2v) is 5.49. The Morgan fingerprint density at radius 3 is 2.61 bits per heavy atom. The maximum Gasteiger partial charge on any atom is 0.262 e. The summed E-state index contributed by atoms with van der Waals surface area (Å²) in [6.07, 6.45) is 0. The maximum absolute atomic E-state index is 12.1. The molecule has 2 aromatic rings. The van der Waals surface area contributed by atoms with Crippen LogP contribution >= 0.6 is 0 Å². The molecule has 0 aliphatic carbocycles. The number of nitrogens with one attached hydrogen (secondary N) is 1. The molecule has 2 rings (SSSR count). The molecule has 1 amide bonds. The topological polar surface area (TPSA) is 47.6 Å². The van der Waals surface area contributed by atoms with Gasteiger partial charge in [0.2, 0.25) is 0 Å². The normalized spacial score (nSPS) is 10.4. The van der Waals surface area contributed by atoms with Gasteiger partial charge >= 0.3 is 0 Å². The van der Waals surface area contributed by atoms with Gasteiger partial charge in [-0.25, -0.2) is 0 Å². The largest absolute Gasteiger partial charge is 0.492 e. The standard InChI is InChI=1S/C19H23NO3/c1-4-22-18-11-6-5-10-17(18)20-19(21)13-23-16-9-7-8-15(12-16)14(2)3/h5-12,14H,4,13H2,1-3H3,(H,20,21). The van der Waals surface area contributed by atoms with Crippen molar-refractivity contribution >= 4 is 11.6 Å². The van der Waals surface area contributed by atoms with Crippen molar-refractivity contribution < 1.29 is 14.3 Å². The van der Waals surface area contributed by atoms with Gasteiger partial charge in [0.15, 0.2) is 6.61 Å². The van der Waals surface area contributed by atoms with Gasteiger partial charge in [0.25, 0.3) is 5.91 Å². The molecule has 0 fully saturated rings. The van der Waals surface area contributed by atoms with Crippen molar-refractivity contribution in [2.75, 3.05) is 18.5 Å². The van der Waals surface area contributed by atoms with Gasteiger partial charge in [-0.1, -0.05) is 38.1 Å². The molecule has 0 saturated carbocycles. The molecule has 4 heteroatoms. The lowest BCUT2D eigenvalue weighted by Gasteiger charge is -2.12. The molecular formula is C19H23NO3. The van der Waals surface area contributed by atoms with E-state index in [0.717, 1.165) is 0 Å². The minimum Gasteiger partial charge on any atom is -0.492 e. The molecule has 0 unspecified atom stereocenters. The summed E-state index contributed by atoms with van der Waals surface area (Å²) in [6, 6.07) is 15.2. The Balaban J connectivity index is 1.94. The summed E-state index contributed by atoms with van der Waals surface area (Å²) < 4.78 is 11.1. The van der Waals surface area contributed by atoms with Gasteiger partial charge in [0.1, 0.15) is 11.5 Å². The van der Waals surface area contributed by atoms with Gasteiger partial charge in [-0.05, 0) is 42.7 Å². The van der Waals surface area contributed by atoms with Crippen LogP contribution in [0, 0.1) is 0 Å². The highest BCUT2D eigenvalue weighted by Crippen LogP contribution is 2.24. The summed E-state index contributed by atoms with van der Waals surface area (Å²) >= 11 is 0. The fraction of sp³-hybridized carbons (Fsp3) is 0.316. The first-order chi connectivity index (χ1) is 11.1. The van der Waals surface area contributed by atoms with Crippen molar-refractivity contribution in [1.29, 1.82) is 0 Å². The van der Waals surface area contributed by atoms with E-state index in [4.69, 9.17) is 9.47 Å². The van der Waals surface area contributed by atoms with Crippen molar-refractivity contribution in [3.63, 3.8) is 0 Å². The second-order valence-electron chi connectivity index (χ2n) is 5.49. The van der Waals surface area contributed by atoms with Gasteiger partial charge in [-0.2, -0.15) is 0 Å². The number of hydrogen-bond acceptors (Lipinski definition) is 3. The number of para-hydroxylation sites is 2. The SMILES string of the molecule is CCOc1ccccc1NC(=O)COc1cccc(C(C)C)c1. The number of benzene rings is 2. The highest BCUT2D eigenvalue weighted by molar-refractivity contribution is 5.93. The Morgan fingerprint density at radius 1 is 1.09 bits per heavy atom. The number of anilines is 1. The van der Waals surface area contributed by atoms with E-state index in [2.05, 4.69) is 25.2 Å².